The predicted octanol–water partition coefficient (Wildman–Crippen LogP) is 4.07. The molecule has 3 heteroatoms. The first kappa shape index (κ1) is 12.3. The molecule has 0 bridgehead atoms. The Morgan fingerprint density at radius 2 is 2.00 bits per heavy atom. The summed E-state index contributed by atoms with van der Waals surface area (Å²) in [5.74, 6) is 3.98. The minimum atomic E-state index is 0.918. The van der Waals surface area contributed by atoms with Gasteiger partial charge < -0.3 is 0 Å². The van der Waals surface area contributed by atoms with Crippen molar-refractivity contribution in [3.63, 3.8) is 0 Å². The van der Waals surface area contributed by atoms with Gasteiger partial charge in [-0.15, -0.1) is 6.58 Å². The van der Waals surface area contributed by atoms with Gasteiger partial charge in [0.25, 0.3) is 0 Å². The van der Waals surface area contributed by atoms with Crippen LogP contribution in [0.2, 0.25) is 0 Å². The van der Waals surface area contributed by atoms with Gasteiger partial charge in [0.1, 0.15) is 0 Å². The minimum absolute atomic E-state index is 0.918. The van der Waals surface area contributed by atoms with Gasteiger partial charge in [-0.2, -0.15) is 35.3 Å². The Labute approximate surface area is 106 Å². The van der Waals surface area contributed by atoms with Crippen LogP contribution in [0.3, 0.4) is 0 Å². The van der Waals surface area contributed by atoms with Crippen LogP contribution in [-0.4, -0.2) is 33.0 Å². The van der Waals surface area contributed by atoms with Gasteiger partial charge >= 0.3 is 0 Å². The van der Waals surface area contributed by atoms with Crippen molar-refractivity contribution < 1.29 is 0 Å². The predicted molar refractivity (Wildman–Crippen MR) is 77.4 cm³/mol. The van der Waals surface area contributed by atoms with E-state index in [0.29, 0.717) is 0 Å². The van der Waals surface area contributed by atoms with Crippen LogP contribution < -0.4 is 0 Å². The molecule has 2 aliphatic rings. The maximum absolute atomic E-state index is 3.80. The van der Waals surface area contributed by atoms with E-state index in [4.69, 9.17) is 0 Å². The smallest absolute Gasteiger partial charge is 0.0229 e. The van der Waals surface area contributed by atoms with E-state index in [1.165, 1.54) is 37.2 Å². The molecule has 15 heavy (non-hydrogen) atoms. The summed E-state index contributed by atoms with van der Waals surface area (Å²) in [4.78, 5) is 0. The topological polar surface area (TPSA) is 0 Å². The zero-order valence-corrected chi connectivity index (χ0v) is 11.6. The summed E-state index contributed by atoms with van der Waals surface area (Å²) in [6, 6.07) is 0. The molecule has 1 aliphatic heterocycles. The van der Waals surface area contributed by atoms with Crippen LogP contribution in [0.1, 0.15) is 25.7 Å². The van der Waals surface area contributed by atoms with Gasteiger partial charge in [-0.3, -0.25) is 0 Å². The molecule has 0 spiro atoms. The summed E-state index contributed by atoms with van der Waals surface area (Å²) in [6.45, 7) is 3.80. The summed E-state index contributed by atoms with van der Waals surface area (Å²) in [5, 5.41) is 2.89. The standard InChI is InChI=1S/C12H20S3/c1-2-6-13-10-4-3-5-11(7-10)14-8-12-9-15-12/h2,10-12H,1,3-9H2. The highest BCUT2D eigenvalue weighted by Gasteiger charge is 2.27. The SMILES string of the molecule is C=CCSC1CCCC(SCC2CS2)C1. The van der Waals surface area contributed by atoms with Crippen molar-refractivity contribution in [2.75, 3.05) is 17.3 Å². The van der Waals surface area contributed by atoms with Crippen LogP contribution in [0, 0.1) is 0 Å². The molecule has 1 saturated heterocycles. The molecule has 0 N–H and O–H groups in total. The summed E-state index contributed by atoms with van der Waals surface area (Å²) in [5.41, 5.74) is 0. The Balaban J connectivity index is 1.63. The third kappa shape index (κ3) is 4.66. The monoisotopic (exact) mass is 260 g/mol. The van der Waals surface area contributed by atoms with E-state index in [2.05, 4.69) is 41.9 Å². The molecule has 3 unspecified atom stereocenters. The lowest BCUT2D eigenvalue weighted by Gasteiger charge is -2.28. The van der Waals surface area contributed by atoms with E-state index >= 15 is 0 Å². The van der Waals surface area contributed by atoms with E-state index < -0.39 is 0 Å². The number of thioether (sulfide) groups is 3. The van der Waals surface area contributed by atoms with Gasteiger partial charge in [-0.05, 0) is 19.3 Å². The second-order valence-electron chi connectivity index (χ2n) is 4.32. The lowest BCUT2D eigenvalue weighted by atomic mass is 10.00. The van der Waals surface area contributed by atoms with Crippen molar-refractivity contribution in [2.45, 2.75) is 41.4 Å². The van der Waals surface area contributed by atoms with Gasteiger partial charge in [0, 0.05) is 33.0 Å². The maximum Gasteiger partial charge on any atom is 0.0229 e. The molecule has 3 atom stereocenters. The van der Waals surface area contributed by atoms with Crippen molar-refractivity contribution in [3.8, 4) is 0 Å². The van der Waals surface area contributed by atoms with E-state index in [-0.39, 0.29) is 0 Å². The van der Waals surface area contributed by atoms with Crippen LogP contribution >= 0.6 is 35.3 Å². The molecule has 2 fully saturated rings. The Kier molecular flexibility index (Phi) is 5.32. The highest BCUT2D eigenvalue weighted by atomic mass is 32.2. The zero-order chi connectivity index (χ0) is 10.5. The van der Waals surface area contributed by atoms with Gasteiger partial charge in [0.2, 0.25) is 0 Å². The molecule has 1 aliphatic carbocycles. The normalized spacial score (nSPS) is 35.1. The Hall–Kier alpha value is 0.790. The quantitative estimate of drug-likeness (QED) is 0.522. The third-order valence-corrected chi connectivity index (χ3v) is 6.95. The molecule has 1 heterocycles. The van der Waals surface area contributed by atoms with Crippen LogP contribution in [0.25, 0.3) is 0 Å². The number of hydrogen-bond donors (Lipinski definition) is 0. The fourth-order valence-corrected chi connectivity index (χ4v) is 5.58. The van der Waals surface area contributed by atoms with Crippen LogP contribution in [0.5, 0.6) is 0 Å². The summed E-state index contributed by atoms with van der Waals surface area (Å²) < 4.78 is 0. The van der Waals surface area contributed by atoms with Gasteiger partial charge in [0.15, 0.2) is 0 Å². The molecule has 2 rings (SSSR count). The fourth-order valence-electron chi connectivity index (χ4n) is 2.02. The lowest BCUT2D eigenvalue weighted by Crippen LogP contribution is -2.20. The van der Waals surface area contributed by atoms with Crippen LogP contribution in [0.4, 0.5) is 0 Å². The molecule has 1 saturated carbocycles. The van der Waals surface area contributed by atoms with E-state index in [1.807, 2.05) is 6.08 Å². The van der Waals surface area contributed by atoms with Crippen molar-refractivity contribution in [2.24, 2.45) is 0 Å². The molecular weight excluding hydrogens is 240 g/mol. The largest absolute Gasteiger partial charge is 0.157 e. The first-order valence-electron chi connectivity index (χ1n) is 5.84. The Morgan fingerprint density at radius 1 is 1.27 bits per heavy atom. The van der Waals surface area contributed by atoms with E-state index in [1.54, 1.807) is 0 Å². The Bertz CT molecular complexity index is 201. The minimum Gasteiger partial charge on any atom is -0.157 e. The van der Waals surface area contributed by atoms with Crippen LogP contribution in [0.15, 0.2) is 12.7 Å². The first-order valence-corrected chi connectivity index (χ1v) is 8.99. The number of hydrogen-bond acceptors (Lipinski definition) is 3. The maximum atomic E-state index is 3.80. The molecule has 0 aromatic rings. The van der Waals surface area contributed by atoms with Crippen LogP contribution in [-0.2, 0) is 0 Å². The summed E-state index contributed by atoms with van der Waals surface area (Å²) in [7, 11) is 0. The molecule has 0 nitrogen and oxygen atoms in total. The molecule has 0 radical (unpaired) electrons. The van der Waals surface area contributed by atoms with Crippen molar-refractivity contribution in [3.05, 3.63) is 12.7 Å². The van der Waals surface area contributed by atoms with Gasteiger partial charge in [-0.25, -0.2) is 0 Å². The van der Waals surface area contributed by atoms with Crippen molar-refractivity contribution in [1.29, 1.82) is 0 Å². The lowest BCUT2D eigenvalue weighted by molar-refractivity contribution is 0.528. The average Bonchev–Trinajstić information content (AvgIpc) is 3.08. The summed E-state index contributed by atoms with van der Waals surface area (Å²) >= 11 is 6.49. The molecule has 0 amide bonds. The molecular formula is C12H20S3. The molecule has 0 aromatic carbocycles. The second kappa shape index (κ2) is 6.51. The summed E-state index contributed by atoms with van der Waals surface area (Å²) in [6.07, 6.45) is 7.84. The van der Waals surface area contributed by atoms with Crippen molar-refractivity contribution >= 4 is 35.3 Å². The Morgan fingerprint density at radius 3 is 2.67 bits per heavy atom. The highest BCUT2D eigenvalue weighted by molar-refractivity contribution is 8.08. The van der Waals surface area contributed by atoms with Crippen molar-refractivity contribution in [1.82, 2.24) is 0 Å². The molecule has 86 valence electrons. The first-order chi connectivity index (χ1) is 7.38. The molecule has 0 aromatic heterocycles. The zero-order valence-electron chi connectivity index (χ0n) is 9.19. The third-order valence-electron chi connectivity index (χ3n) is 2.95. The fraction of sp³-hybridized carbons (Fsp3) is 0.833. The number of rotatable bonds is 6. The highest BCUT2D eigenvalue weighted by Crippen LogP contribution is 2.39. The van der Waals surface area contributed by atoms with E-state index in [0.717, 1.165) is 21.5 Å². The van der Waals surface area contributed by atoms with Gasteiger partial charge in [0.05, 0.1) is 0 Å². The average molecular weight is 260 g/mol. The van der Waals surface area contributed by atoms with Gasteiger partial charge in [-0.1, -0.05) is 12.5 Å². The van der Waals surface area contributed by atoms with E-state index in [9.17, 15) is 0 Å². The second-order valence-corrected chi connectivity index (χ2v) is 8.32.